The summed E-state index contributed by atoms with van der Waals surface area (Å²) < 4.78 is 0. The molecule has 1 atom stereocenters. The van der Waals surface area contributed by atoms with Gasteiger partial charge in [-0.05, 0) is 19.1 Å². The van der Waals surface area contributed by atoms with Crippen molar-refractivity contribution in [3.8, 4) is 0 Å². The van der Waals surface area contributed by atoms with Gasteiger partial charge >= 0.3 is 0 Å². The van der Waals surface area contributed by atoms with E-state index in [1.807, 2.05) is 38.5 Å². The van der Waals surface area contributed by atoms with Crippen LogP contribution in [0.4, 0.5) is 11.4 Å². The summed E-state index contributed by atoms with van der Waals surface area (Å²) in [6.07, 6.45) is 7.63. The third-order valence-corrected chi connectivity index (χ3v) is 2.41. The second kappa shape index (κ2) is 4.26. The Morgan fingerprint density at radius 3 is 2.94 bits per heavy atom. The monoisotopic (exact) mass is 216 g/mol. The molecule has 1 unspecified atom stereocenters. The van der Waals surface area contributed by atoms with Crippen molar-refractivity contribution in [2.24, 2.45) is 0 Å². The lowest BCUT2D eigenvalue weighted by Crippen LogP contribution is -2.37. The van der Waals surface area contributed by atoms with E-state index in [-0.39, 0.29) is 6.29 Å². The van der Waals surface area contributed by atoms with E-state index in [9.17, 15) is 0 Å². The maximum absolute atomic E-state index is 4.07. The number of allylic oxidation sites excluding steroid dienone is 2. The average Bonchev–Trinajstić information content (AvgIpc) is 2.69. The third kappa shape index (κ3) is 2.16. The Labute approximate surface area is 95.7 Å². The van der Waals surface area contributed by atoms with E-state index in [0.29, 0.717) is 0 Å². The quantitative estimate of drug-likeness (QED) is 0.760. The Kier molecular flexibility index (Phi) is 2.81. The van der Waals surface area contributed by atoms with Crippen molar-refractivity contribution in [2.75, 3.05) is 17.7 Å². The van der Waals surface area contributed by atoms with E-state index in [2.05, 4.69) is 27.1 Å². The topological polar surface area (TPSA) is 40.2 Å². The molecule has 4 heteroatoms. The molecule has 2 rings (SSSR count). The maximum Gasteiger partial charge on any atom is 0.175 e. The molecule has 2 N–H and O–H groups in total. The van der Waals surface area contributed by atoms with Gasteiger partial charge in [0.25, 0.3) is 0 Å². The predicted octanol–water partition coefficient (Wildman–Crippen LogP) is 2.22. The highest BCUT2D eigenvalue weighted by Gasteiger charge is 2.20. The first kappa shape index (κ1) is 10.5. The fourth-order valence-electron chi connectivity index (χ4n) is 1.50. The van der Waals surface area contributed by atoms with E-state index in [0.717, 1.165) is 16.9 Å². The van der Waals surface area contributed by atoms with Crippen LogP contribution in [0.5, 0.6) is 0 Å². The zero-order valence-corrected chi connectivity index (χ0v) is 9.57. The molecule has 0 spiro atoms. The van der Waals surface area contributed by atoms with Crippen LogP contribution in [-0.4, -0.2) is 23.2 Å². The molecule has 1 aliphatic heterocycles. The Morgan fingerprint density at radius 1 is 1.50 bits per heavy atom. The van der Waals surface area contributed by atoms with E-state index < -0.39 is 0 Å². The first-order chi connectivity index (χ1) is 7.66. The van der Waals surface area contributed by atoms with Crippen LogP contribution in [0.25, 0.3) is 0 Å². The van der Waals surface area contributed by atoms with Crippen LogP contribution in [0.3, 0.4) is 0 Å². The number of fused-ring (bicyclic) bond motifs is 1. The summed E-state index contributed by atoms with van der Waals surface area (Å²) in [5, 5.41) is 6.68. The number of aromatic nitrogens is 1. The lowest BCUT2D eigenvalue weighted by Gasteiger charge is -2.23. The summed E-state index contributed by atoms with van der Waals surface area (Å²) >= 11 is 0. The second-order valence-corrected chi connectivity index (χ2v) is 3.94. The Balaban J connectivity index is 2.03. The smallest absolute Gasteiger partial charge is 0.175 e. The van der Waals surface area contributed by atoms with Crippen molar-refractivity contribution in [3.05, 3.63) is 42.9 Å². The number of pyridine rings is 1. The molecule has 1 aliphatic rings. The molecule has 16 heavy (non-hydrogen) atoms. The fourth-order valence-corrected chi connectivity index (χ4v) is 1.50. The number of nitrogens with one attached hydrogen (secondary N) is 2. The highest BCUT2D eigenvalue weighted by Crippen LogP contribution is 2.27. The second-order valence-electron chi connectivity index (χ2n) is 3.94. The van der Waals surface area contributed by atoms with Gasteiger partial charge in [-0.15, -0.1) is 0 Å². The van der Waals surface area contributed by atoms with Crippen molar-refractivity contribution in [1.82, 2.24) is 9.88 Å². The van der Waals surface area contributed by atoms with E-state index in [1.54, 1.807) is 6.20 Å². The first-order valence-corrected chi connectivity index (χ1v) is 5.19. The van der Waals surface area contributed by atoms with Gasteiger partial charge in [-0.25, -0.2) is 0 Å². The number of hydrogen-bond acceptors (Lipinski definition) is 4. The van der Waals surface area contributed by atoms with Crippen LogP contribution in [0, 0.1) is 0 Å². The zero-order valence-electron chi connectivity index (χ0n) is 9.57. The molecule has 0 radical (unpaired) electrons. The Bertz CT molecular complexity index is 400. The van der Waals surface area contributed by atoms with Gasteiger partial charge in [0.05, 0.1) is 17.6 Å². The minimum Gasteiger partial charge on any atom is -0.347 e. The molecule has 0 saturated carbocycles. The summed E-state index contributed by atoms with van der Waals surface area (Å²) in [6.45, 7) is 5.80. The molecule has 0 bridgehead atoms. The molecule has 84 valence electrons. The maximum atomic E-state index is 4.07. The number of anilines is 2. The molecule has 0 aliphatic carbocycles. The number of nitrogens with zero attached hydrogens (tertiary/aromatic N) is 2. The van der Waals surface area contributed by atoms with Crippen LogP contribution in [0.1, 0.15) is 6.92 Å². The van der Waals surface area contributed by atoms with Crippen molar-refractivity contribution in [1.29, 1.82) is 0 Å². The van der Waals surface area contributed by atoms with Gasteiger partial charge in [-0.2, -0.15) is 0 Å². The van der Waals surface area contributed by atoms with E-state index in [4.69, 9.17) is 0 Å². The van der Waals surface area contributed by atoms with Gasteiger partial charge in [0.15, 0.2) is 6.29 Å². The highest BCUT2D eigenvalue weighted by molar-refractivity contribution is 5.72. The van der Waals surface area contributed by atoms with Gasteiger partial charge in [0.2, 0.25) is 0 Å². The average molecular weight is 216 g/mol. The van der Waals surface area contributed by atoms with Crippen LogP contribution in [0.15, 0.2) is 42.9 Å². The van der Waals surface area contributed by atoms with Crippen molar-refractivity contribution in [3.63, 3.8) is 0 Å². The largest absolute Gasteiger partial charge is 0.347 e. The normalized spacial score (nSPS) is 17.8. The van der Waals surface area contributed by atoms with Crippen LogP contribution in [0.2, 0.25) is 0 Å². The van der Waals surface area contributed by atoms with Crippen LogP contribution in [-0.2, 0) is 0 Å². The van der Waals surface area contributed by atoms with Crippen molar-refractivity contribution < 1.29 is 0 Å². The van der Waals surface area contributed by atoms with Gasteiger partial charge in [0.1, 0.15) is 0 Å². The molecule has 1 aromatic rings. The zero-order chi connectivity index (χ0) is 11.5. The fraction of sp³-hybridized carbons (Fsp3) is 0.250. The Morgan fingerprint density at radius 2 is 2.25 bits per heavy atom. The number of hydrogen-bond donors (Lipinski definition) is 2. The summed E-state index contributed by atoms with van der Waals surface area (Å²) in [5.74, 6) is 0. The summed E-state index contributed by atoms with van der Waals surface area (Å²) in [5.41, 5.74) is 3.14. The molecule has 0 amide bonds. The highest BCUT2D eigenvalue weighted by atomic mass is 15.4. The lowest BCUT2D eigenvalue weighted by atomic mass is 10.3. The summed E-state index contributed by atoms with van der Waals surface area (Å²) in [7, 11) is 2.00. The van der Waals surface area contributed by atoms with Gasteiger partial charge in [-0.3, -0.25) is 4.98 Å². The van der Waals surface area contributed by atoms with Crippen LogP contribution >= 0.6 is 0 Å². The van der Waals surface area contributed by atoms with Crippen molar-refractivity contribution in [2.45, 2.75) is 13.2 Å². The van der Waals surface area contributed by atoms with Crippen molar-refractivity contribution >= 4 is 11.4 Å². The summed E-state index contributed by atoms with van der Waals surface area (Å²) in [6, 6.07) is 1.96. The molecule has 1 aromatic heterocycles. The molecule has 0 aromatic carbocycles. The molecule has 2 heterocycles. The SMILES string of the molecule is C=C(C)/C=C\N(C)C1Nc2ccncc2N1. The molecular formula is C12H16N4. The Hall–Kier alpha value is -1.97. The third-order valence-electron chi connectivity index (χ3n) is 2.41. The van der Waals surface area contributed by atoms with Gasteiger partial charge in [-0.1, -0.05) is 12.2 Å². The summed E-state index contributed by atoms with van der Waals surface area (Å²) in [4.78, 5) is 6.12. The van der Waals surface area contributed by atoms with E-state index in [1.165, 1.54) is 0 Å². The molecule has 0 fully saturated rings. The molecule has 4 nitrogen and oxygen atoms in total. The minimum atomic E-state index is 0.0646. The van der Waals surface area contributed by atoms with E-state index >= 15 is 0 Å². The standard InChI is InChI=1S/C12H16N4/c1-9(2)5-7-16(3)12-14-10-4-6-13-8-11(10)15-12/h4-8,12,14-15H,1H2,2-3H3/b7-5-. The van der Waals surface area contributed by atoms with Gasteiger partial charge < -0.3 is 15.5 Å². The molecule has 0 saturated heterocycles. The number of rotatable bonds is 3. The molecular weight excluding hydrogens is 200 g/mol. The van der Waals surface area contributed by atoms with Gasteiger partial charge in [0, 0.05) is 19.4 Å². The minimum absolute atomic E-state index is 0.0646. The predicted molar refractivity (Wildman–Crippen MR) is 67.0 cm³/mol. The lowest BCUT2D eigenvalue weighted by molar-refractivity contribution is 0.401. The van der Waals surface area contributed by atoms with Crippen LogP contribution < -0.4 is 10.6 Å². The first-order valence-electron chi connectivity index (χ1n) is 5.19.